The van der Waals surface area contributed by atoms with Gasteiger partial charge in [0, 0.05) is 12.3 Å². The SMILES string of the molecule is CC(O)Cn1cc(BCI)ccc1=O. The zero-order valence-corrected chi connectivity index (χ0v) is 10.3. The molecular formula is C9H13BINO2. The van der Waals surface area contributed by atoms with Gasteiger partial charge in [-0.2, -0.15) is 0 Å². The molecule has 0 aliphatic carbocycles. The molecule has 1 rings (SSSR count). The Labute approximate surface area is 97.5 Å². The molecule has 1 atom stereocenters. The number of alkyl halides is 1. The van der Waals surface area contributed by atoms with E-state index in [0.717, 1.165) is 17.1 Å². The molecule has 0 bridgehead atoms. The lowest BCUT2D eigenvalue weighted by Crippen LogP contribution is -2.30. The van der Waals surface area contributed by atoms with E-state index in [9.17, 15) is 9.90 Å². The van der Waals surface area contributed by atoms with Crippen LogP contribution in [-0.2, 0) is 6.54 Å². The highest BCUT2D eigenvalue weighted by atomic mass is 127. The molecule has 0 radical (unpaired) electrons. The van der Waals surface area contributed by atoms with Gasteiger partial charge in [-0.25, -0.2) is 0 Å². The third-order valence-corrected chi connectivity index (χ3v) is 2.43. The van der Waals surface area contributed by atoms with Crippen molar-refractivity contribution in [3.8, 4) is 0 Å². The minimum atomic E-state index is -0.484. The summed E-state index contributed by atoms with van der Waals surface area (Å²) in [5.74, 6) is 0. The molecule has 3 nitrogen and oxygen atoms in total. The highest BCUT2D eigenvalue weighted by Crippen LogP contribution is 1.87. The molecule has 1 aromatic heterocycles. The minimum Gasteiger partial charge on any atom is -0.392 e. The lowest BCUT2D eigenvalue weighted by molar-refractivity contribution is 0.172. The van der Waals surface area contributed by atoms with Crippen molar-refractivity contribution >= 4 is 35.3 Å². The van der Waals surface area contributed by atoms with Gasteiger partial charge < -0.3 is 9.67 Å². The second-order valence-corrected chi connectivity index (χ2v) is 4.39. The predicted molar refractivity (Wildman–Crippen MR) is 68.1 cm³/mol. The average molecular weight is 305 g/mol. The third kappa shape index (κ3) is 3.45. The number of hydrogen-bond acceptors (Lipinski definition) is 2. The lowest BCUT2D eigenvalue weighted by Gasteiger charge is -2.08. The van der Waals surface area contributed by atoms with Gasteiger partial charge in [0.15, 0.2) is 7.28 Å². The maximum absolute atomic E-state index is 11.4. The van der Waals surface area contributed by atoms with Gasteiger partial charge in [0.2, 0.25) is 0 Å². The summed E-state index contributed by atoms with van der Waals surface area (Å²) in [6, 6.07) is 3.41. The standard InChI is InChI=1S/C9H13BINO2/c1-7(13)4-12-5-8(10-6-11)2-3-9(12)14/h2-3,5,7,10,13H,4,6H2,1H3. The van der Waals surface area contributed by atoms with Gasteiger partial charge in [-0.1, -0.05) is 34.1 Å². The van der Waals surface area contributed by atoms with Crippen LogP contribution in [0.2, 0.25) is 0 Å². The quantitative estimate of drug-likeness (QED) is 0.471. The molecule has 0 saturated heterocycles. The molecule has 0 aliphatic rings. The van der Waals surface area contributed by atoms with Crippen molar-refractivity contribution in [2.45, 2.75) is 19.6 Å². The van der Waals surface area contributed by atoms with Crippen LogP contribution in [0.25, 0.3) is 0 Å². The molecule has 0 aliphatic heterocycles. The molecule has 0 spiro atoms. The Morgan fingerprint density at radius 1 is 1.64 bits per heavy atom. The summed E-state index contributed by atoms with van der Waals surface area (Å²) in [7, 11) is 0.959. The molecule has 0 saturated carbocycles. The Kier molecular flexibility index (Phi) is 4.67. The van der Waals surface area contributed by atoms with Crippen LogP contribution < -0.4 is 11.0 Å². The average Bonchev–Trinajstić information content (AvgIpc) is 2.10. The molecule has 0 fully saturated rings. The molecule has 76 valence electrons. The van der Waals surface area contributed by atoms with E-state index in [-0.39, 0.29) is 5.56 Å². The van der Waals surface area contributed by atoms with Crippen molar-refractivity contribution in [1.82, 2.24) is 4.57 Å². The van der Waals surface area contributed by atoms with E-state index < -0.39 is 6.10 Å². The summed E-state index contributed by atoms with van der Waals surface area (Å²) in [5, 5.41) is 9.19. The van der Waals surface area contributed by atoms with Crippen LogP contribution in [0.5, 0.6) is 0 Å². The fraction of sp³-hybridized carbons (Fsp3) is 0.444. The first-order valence-electron chi connectivity index (χ1n) is 4.57. The van der Waals surface area contributed by atoms with Crippen LogP contribution >= 0.6 is 22.6 Å². The van der Waals surface area contributed by atoms with Crippen molar-refractivity contribution in [1.29, 1.82) is 0 Å². The first-order valence-corrected chi connectivity index (χ1v) is 6.09. The van der Waals surface area contributed by atoms with E-state index >= 15 is 0 Å². The van der Waals surface area contributed by atoms with Crippen molar-refractivity contribution in [2.75, 3.05) is 4.33 Å². The van der Waals surface area contributed by atoms with Crippen LogP contribution in [-0.4, -0.2) is 27.4 Å². The Bertz CT molecular complexity index is 351. The Balaban J connectivity index is 2.90. The molecule has 0 aromatic carbocycles. The summed E-state index contributed by atoms with van der Waals surface area (Å²) in [6.07, 6.45) is 1.34. The van der Waals surface area contributed by atoms with E-state index in [1.54, 1.807) is 17.6 Å². The first-order chi connectivity index (χ1) is 6.63. The van der Waals surface area contributed by atoms with Gasteiger partial charge in [-0.15, -0.1) is 0 Å². The maximum Gasteiger partial charge on any atom is 0.250 e. The second-order valence-electron chi connectivity index (χ2n) is 3.32. The van der Waals surface area contributed by atoms with Gasteiger partial charge in [-0.3, -0.25) is 4.79 Å². The number of aromatic nitrogens is 1. The summed E-state index contributed by atoms with van der Waals surface area (Å²) in [5.41, 5.74) is 1.09. The monoisotopic (exact) mass is 305 g/mol. The van der Waals surface area contributed by atoms with Crippen LogP contribution in [0, 0.1) is 0 Å². The zero-order valence-electron chi connectivity index (χ0n) is 8.11. The number of hydrogen-bond donors (Lipinski definition) is 1. The van der Waals surface area contributed by atoms with Crippen molar-refractivity contribution in [3.05, 3.63) is 28.7 Å². The molecule has 1 N–H and O–H groups in total. The summed E-state index contributed by atoms with van der Waals surface area (Å²) in [6.45, 7) is 2.05. The number of aliphatic hydroxyl groups excluding tert-OH is 1. The van der Waals surface area contributed by atoms with Crippen molar-refractivity contribution in [3.63, 3.8) is 0 Å². The fourth-order valence-electron chi connectivity index (χ4n) is 1.27. The van der Waals surface area contributed by atoms with Gasteiger partial charge >= 0.3 is 0 Å². The van der Waals surface area contributed by atoms with Crippen LogP contribution in [0.1, 0.15) is 6.92 Å². The Morgan fingerprint density at radius 3 is 2.93 bits per heavy atom. The van der Waals surface area contributed by atoms with Gasteiger partial charge in [0.25, 0.3) is 5.56 Å². The summed E-state index contributed by atoms with van der Waals surface area (Å²) >= 11 is 2.30. The molecule has 5 heteroatoms. The zero-order chi connectivity index (χ0) is 10.6. The molecule has 1 heterocycles. The second kappa shape index (κ2) is 5.55. The molecular weight excluding hydrogens is 292 g/mol. The number of rotatable bonds is 4. The Hall–Kier alpha value is -0.295. The fourth-order valence-corrected chi connectivity index (χ4v) is 1.89. The topological polar surface area (TPSA) is 42.2 Å². The molecule has 1 unspecified atom stereocenters. The smallest absolute Gasteiger partial charge is 0.250 e. The van der Waals surface area contributed by atoms with E-state index in [4.69, 9.17) is 0 Å². The first kappa shape index (κ1) is 11.8. The van der Waals surface area contributed by atoms with E-state index in [2.05, 4.69) is 22.6 Å². The van der Waals surface area contributed by atoms with Gasteiger partial charge in [0.05, 0.1) is 12.6 Å². The van der Waals surface area contributed by atoms with Crippen LogP contribution in [0.3, 0.4) is 0 Å². The van der Waals surface area contributed by atoms with E-state index in [1.807, 2.05) is 12.3 Å². The minimum absolute atomic E-state index is 0.0527. The van der Waals surface area contributed by atoms with Gasteiger partial charge in [0.1, 0.15) is 0 Å². The summed E-state index contributed by atoms with van der Waals surface area (Å²) in [4.78, 5) is 11.4. The van der Waals surface area contributed by atoms with Gasteiger partial charge in [-0.05, 0) is 11.3 Å². The highest BCUT2D eigenvalue weighted by molar-refractivity contribution is 14.1. The maximum atomic E-state index is 11.4. The number of nitrogens with zero attached hydrogens (tertiary/aromatic N) is 1. The largest absolute Gasteiger partial charge is 0.392 e. The van der Waals surface area contributed by atoms with Crippen molar-refractivity contribution in [2.24, 2.45) is 0 Å². The van der Waals surface area contributed by atoms with E-state index in [1.165, 1.54) is 0 Å². The van der Waals surface area contributed by atoms with Crippen molar-refractivity contribution < 1.29 is 5.11 Å². The van der Waals surface area contributed by atoms with Crippen LogP contribution in [0.4, 0.5) is 0 Å². The normalized spacial score (nSPS) is 12.5. The lowest BCUT2D eigenvalue weighted by atomic mass is 9.74. The molecule has 14 heavy (non-hydrogen) atoms. The molecule has 0 amide bonds. The van der Waals surface area contributed by atoms with Crippen LogP contribution in [0.15, 0.2) is 23.1 Å². The third-order valence-electron chi connectivity index (χ3n) is 1.89. The number of halogens is 1. The molecule has 1 aromatic rings. The predicted octanol–water partition coefficient (Wildman–Crippen LogP) is -0.317. The van der Waals surface area contributed by atoms with E-state index in [0.29, 0.717) is 6.54 Å². The number of pyridine rings is 1. The highest BCUT2D eigenvalue weighted by Gasteiger charge is 2.02. The summed E-state index contributed by atoms with van der Waals surface area (Å²) < 4.78 is 2.59. The Morgan fingerprint density at radius 2 is 2.36 bits per heavy atom. The number of aliphatic hydroxyl groups is 1.